The number of carbonyl (C=O) groups is 1. The second kappa shape index (κ2) is 7.67. The third kappa shape index (κ3) is 4.04. The molecule has 0 N–H and O–H groups in total. The van der Waals surface area contributed by atoms with Gasteiger partial charge in [0.1, 0.15) is 16.8 Å². The Labute approximate surface area is 162 Å². The lowest BCUT2D eigenvalue weighted by molar-refractivity contribution is -0.146. The van der Waals surface area contributed by atoms with Gasteiger partial charge in [0.2, 0.25) is 5.88 Å². The van der Waals surface area contributed by atoms with Gasteiger partial charge in [-0.15, -0.1) is 0 Å². The van der Waals surface area contributed by atoms with Crippen molar-refractivity contribution in [2.24, 2.45) is 0 Å². The van der Waals surface area contributed by atoms with Crippen LogP contribution in [0.4, 0.5) is 13.2 Å². The van der Waals surface area contributed by atoms with Crippen molar-refractivity contribution in [1.82, 2.24) is 14.8 Å². The molecule has 0 aliphatic rings. The Morgan fingerprint density at radius 1 is 1.29 bits per heavy atom. The molecule has 0 aliphatic heterocycles. The number of nitrogens with zero attached hydrogens (tertiary/aromatic N) is 3. The van der Waals surface area contributed by atoms with Gasteiger partial charge >= 0.3 is 12.1 Å². The van der Waals surface area contributed by atoms with Crippen molar-refractivity contribution in [2.45, 2.75) is 26.1 Å². The number of hydrogen-bond donors (Lipinski definition) is 0. The number of esters is 1. The van der Waals surface area contributed by atoms with E-state index in [0.29, 0.717) is 11.7 Å². The van der Waals surface area contributed by atoms with E-state index < -0.39 is 23.8 Å². The molecule has 28 heavy (non-hydrogen) atoms. The second-order valence-corrected chi connectivity index (χ2v) is 6.26. The van der Waals surface area contributed by atoms with Crippen LogP contribution in [0.15, 0.2) is 36.7 Å². The van der Waals surface area contributed by atoms with E-state index in [0.717, 1.165) is 11.5 Å². The Hall–Kier alpha value is -2.81. The maximum absolute atomic E-state index is 12.7. The number of rotatable bonds is 5. The predicted molar refractivity (Wildman–Crippen MR) is 95.4 cm³/mol. The van der Waals surface area contributed by atoms with Gasteiger partial charge in [-0.2, -0.15) is 18.3 Å². The standard InChI is InChI=1S/C18H15ClF3N3O3/c1-3-27-17(26)10(2)25-15-7-13(5-4-11(15)8-24-25)28-16-14(19)6-12(9-23-16)18(20,21)22/h4-10H,3H2,1-2H3. The summed E-state index contributed by atoms with van der Waals surface area (Å²) in [5.41, 5.74) is -0.386. The van der Waals surface area contributed by atoms with Crippen LogP contribution in [0.2, 0.25) is 5.02 Å². The van der Waals surface area contributed by atoms with Gasteiger partial charge < -0.3 is 9.47 Å². The largest absolute Gasteiger partial charge is 0.464 e. The van der Waals surface area contributed by atoms with Gasteiger partial charge in [-0.3, -0.25) is 4.68 Å². The Bertz CT molecular complexity index is 1020. The van der Waals surface area contributed by atoms with Gasteiger partial charge in [0.15, 0.2) is 0 Å². The Morgan fingerprint density at radius 3 is 2.68 bits per heavy atom. The first kappa shape index (κ1) is 19.9. The first-order valence-corrected chi connectivity index (χ1v) is 8.63. The minimum atomic E-state index is -4.55. The van der Waals surface area contributed by atoms with Crippen LogP contribution in [0.3, 0.4) is 0 Å². The number of benzene rings is 1. The maximum Gasteiger partial charge on any atom is 0.417 e. The highest BCUT2D eigenvalue weighted by Gasteiger charge is 2.31. The molecule has 3 rings (SSSR count). The van der Waals surface area contributed by atoms with Crippen LogP contribution in [0.5, 0.6) is 11.6 Å². The van der Waals surface area contributed by atoms with E-state index in [1.165, 1.54) is 4.68 Å². The van der Waals surface area contributed by atoms with Crippen molar-refractivity contribution in [1.29, 1.82) is 0 Å². The average Bonchev–Trinajstić information content (AvgIpc) is 3.05. The summed E-state index contributed by atoms with van der Waals surface area (Å²) in [5, 5.41) is 4.67. The molecule has 1 unspecified atom stereocenters. The molecule has 0 bridgehead atoms. The molecule has 1 aromatic carbocycles. The van der Waals surface area contributed by atoms with E-state index >= 15 is 0 Å². The summed E-state index contributed by atoms with van der Waals surface area (Å²) in [6, 6.07) is 4.97. The summed E-state index contributed by atoms with van der Waals surface area (Å²) < 4.78 is 50.2. The fraction of sp³-hybridized carbons (Fsp3) is 0.278. The predicted octanol–water partition coefficient (Wildman–Crippen LogP) is 5.02. The van der Waals surface area contributed by atoms with Crippen LogP contribution in [0, 0.1) is 0 Å². The first-order chi connectivity index (χ1) is 13.2. The highest BCUT2D eigenvalue weighted by atomic mass is 35.5. The Balaban J connectivity index is 1.91. The van der Waals surface area contributed by atoms with E-state index in [1.807, 2.05) is 0 Å². The highest BCUT2D eigenvalue weighted by molar-refractivity contribution is 6.31. The molecule has 0 aliphatic carbocycles. The summed E-state index contributed by atoms with van der Waals surface area (Å²) in [7, 11) is 0. The van der Waals surface area contributed by atoms with Crippen molar-refractivity contribution in [3.8, 4) is 11.6 Å². The molecule has 0 saturated carbocycles. The number of fused-ring (bicyclic) bond motifs is 1. The van der Waals surface area contributed by atoms with Crippen molar-refractivity contribution in [2.75, 3.05) is 6.61 Å². The van der Waals surface area contributed by atoms with E-state index in [2.05, 4.69) is 10.1 Å². The van der Waals surface area contributed by atoms with Crippen molar-refractivity contribution in [3.63, 3.8) is 0 Å². The zero-order valence-corrected chi connectivity index (χ0v) is 15.6. The van der Waals surface area contributed by atoms with Gasteiger partial charge in [0.05, 0.1) is 23.9 Å². The molecule has 2 heterocycles. The van der Waals surface area contributed by atoms with Crippen LogP contribution < -0.4 is 4.74 Å². The van der Waals surface area contributed by atoms with Gasteiger partial charge in [0, 0.05) is 17.6 Å². The third-order valence-corrected chi connectivity index (χ3v) is 4.18. The topological polar surface area (TPSA) is 66.2 Å². The maximum atomic E-state index is 12.7. The summed E-state index contributed by atoms with van der Waals surface area (Å²) in [6.45, 7) is 3.60. The Kier molecular flexibility index (Phi) is 5.46. The van der Waals surface area contributed by atoms with Gasteiger partial charge in [-0.05, 0) is 32.0 Å². The zero-order valence-electron chi connectivity index (χ0n) is 14.8. The molecular weight excluding hydrogens is 399 g/mol. The van der Waals surface area contributed by atoms with E-state index in [4.69, 9.17) is 21.1 Å². The van der Waals surface area contributed by atoms with Gasteiger partial charge in [-0.1, -0.05) is 11.6 Å². The average molecular weight is 414 g/mol. The first-order valence-electron chi connectivity index (χ1n) is 8.25. The van der Waals surface area contributed by atoms with Crippen LogP contribution in [0.25, 0.3) is 10.9 Å². The SMILES string of the molecule is CCOC(=O)C(C)n1ncc2ccc(Oc3ncc(C(F)(F)F)cc3Cl)cc21. The lowest BCUT2D eigenvalue weighted by Gasteiger charge is -2.13. The fourth-order valence-electron chi connectivity index (χ4n) is 2.52. The van der Waals surface area contributed by atoms with E-state index in [9.17, 15) is 18.0 Å². The fourth-order valence-corrected chi connectivity index (χ4v) is 2.72. The third-order valence-electron chi connectivity index (χ3n) is 3.91. The summed E-state index contributed by atoms with van der Waals surface area (Å²) in [4.78, 5) is 15.6. The molecule has 0 amide bonds. The number of hydrogen-bond acceptors (Lipinski definition) is 5. The summed E-state index contributed by atoms with van der Waals surface area (Å²) >= 11 is 5.87. The van der Waals surface area contributed by atoms with Crippen LogP contribution in [-0.4, -0.2) is 27.3 Å². The number of halogens is 4. The lowest BCUT2D eigenvalue weighted by atomic mass is 10.2. The molecule has 6 nitrogen and oxygen atoms in total. The summed E-state index contributed by atoms with van der Waals surface area (Å²) in [6.07, 6.45) is -2.32. The minimum Gasteiger partial charge on any atom is -0.464 e. The Morgan fingerprint density at radius 2 is 2.04 bits per heavy atom. The molecule has 0 spiro atoms. The number of pyridine rings is 1. The van der Waals surface area contributed by atoms with E-state index in [-0.39, 0.29) is 23.3 Å². The van der Waals surface area contributed by atoms with Crippen LogP contribution in [-0.2, 0) is 15.7 Å². The van der Waals surface area contributed by atoms with Crippen molar-refractivity contribution >= 4 is 28.5 Å². The highest BCUT2D eigenvalue weighted by Crippen LogP contribution is 2.35. The number of ether oxygens (including phenoxy) is 2. The van der Waals surface area contributed by atoms with Crippen molar-refractivity contribution in [3.05, 3.63) is 47.2 Å². The van der Waals surface area contributed by atoms with Crippen molar-refractivity contribution < 1.29 is 27.4 Å². The zero-order chi connectivity index (χ0) is 20.5. The lowest BCUT2D eigenvalue weighted by Crippen LogP contribution is -2.20. The van der Waals surface area contributed by atoms with Gasteiger partial charge in [0.25, 0.3) is 0 Å². The molecule has 0 radical (unpaired) electrons. The summed E-state index contributed by atoms with van der Waals surface area (Å²) in [5.74, 6) is -0.329. The van der Waals surface area contributed by atoms with Crippen LogP contribution >= 0.6 is 11.6 Å². The molecule has 0 fully saturated rings. The molecular formula is C18H15ClF3N3O3. The van der Waals surface area contributed by atoms with E-state index in [1.54, 1.807) is 38.2 Å². The second-order valence-electron chi connectivity index (χ2n) is 5.85. The number of carbonyl (C=O) groups excluding carboxylic acids is 1. The minimum absolute atomic E-state index is 0.168. The molecule has 148 valence electrons. The monoisotopic (exact) mass is 413 g/mol. The molecule has 0 saturated heterocycles. The number of aromatic nitrogens is 3. The quantitative estimate of drug-likeness (QED) is 0.549. The smallest absolute Gasteiger partial charge is 0.417 e. The molecule has 10 heteroatoms. The van der Waals surface area contributed by atoms with Gasteiger partial charge in [-0.25, -0.2) is 9.78 Å². The number of alkyl halides is 3. The molecule has 3 aromatic rings. The normalized spacial score (nSPS) is 12.8. The molecule has 2 aromatic heterocycles. The molecule has 1 atom stereocenters. The van der Waals surface area contributed by atoms with Crippen LogP contribution in [0.1, 0.15) is 25.5 Å².